The summed E-state index contributed by atoms with van der Waals surface area (Å²) in [5, 5.41) is 7.98. The van der Waals surface area contributed by atoms with Crippen LogP contribution in [0.25, 0.3) is 10.8 Å². The van der Waals surface area contributed by atoms with Crippen LogP contribution in [0.4, 0.5) is 4.39 Å². The summed E-state index contributed by atoms with van der Waals surface area (Å²) in [4.78, 5) is 59.8. The van der Waals surface area contributed by atoms with Crippen LogP contribution in [-0.4, -0.2) is 124 Å². The van der Waals surface area contributed by atoms with Crippen molar-refractivity contribution in [3.63, 3.8) is 0 Å². The number of nitrogens with one attached hydrogen (secondary N) is 1. The van der Waals surface area contributed by atoms with Gasteiger partial charge in [0, 0.05) is 63.7 Å². The number of piperidine rings is 2. The molecule has 4 aliphatic rings. The molecule has 2 aromatic carbocycles. The van der Waals surface area contributed by atoms with E-state index in [2.05, 4.69) is 22.0 Å². The number of halogens is 1. The van der Waals surface area contributed by atoms with Gasteiger partial charge in [0.05, 0.1) is 41.4 Å². The monoisotopic (exact) mass is 743 g/mol. The molecule has 3 N–H and O–H groups in total. The molecule has 13 heteroatoms. The van der Waals surface area contributed by atoms with Gasteiger partial charge < -0.3 is 25.2 Å². The van der Waals surface area contributed by atoms with Crippen molar-refractivity contribution in [3.05, 3.63) is 75.5 Å². The molecule has 7 rings (SSSR count). The summed E-state index contributed by atoms with van der Waals surface area (Å²) in [6.07, 6.45) is 9.63. The third-order valence-electron chi connectivity index (χ3n) is 12.2. The molecule has 3 saturated heterocycles. The minimum absolute atomic E-state index is 0.0153. The van der Waals surface area contributed by atoms with Crippen LogP contribution in [0.15, 0.2) is 47.3 Å². The Balaban J connectivity index is 0.837. The Morgan fingerprint density at radius 3 is 2.30 bits per heavy atom. The van der Waals surface area contributed by atoms with Crippen LogP contribution in [0.3, 0.4) is 0 Å². The lowest BCUT2D eigenvalue weighted by atomic mass is 9.83. The first-order chi connectivity index (χ1) is 26.1. The van der Waals surface area contributed by atoms with Gasteiger partial charge in [0.1, 0.15) is 5.82 Å². The second-order valence-corrected chi connectivity index (χ2v) is 15.8. The molecule has 12 nitrogen and oxygen atoms in total. The molecule has 0 radical (unpaired) electrons. The molecule has 4 heterocycles. The number of rotatable bonds is 9. The molecule has 3 amide bonds. The summed E-state index contributed by atoms with van der Waals surface area (Å²) in [5.41, 5.74) is 7.50. The highest BCUT2D eigenvalue weighted by Gasteiger charge is 2.36. The van der Waals surface area contributed by atoms with Crippen molar-refractivity contribution in [3.8, 4) is 0 Å². The number of carbonyl (C=O) groups excluding carboxylic acids is 3. The van der Waals surface area contributed by atoms with Gasteiger partial charge in [0.15, 0.2) is 0 Å². The minimum Gasteiger partial charge on any atom is -0.375 e. The first kappa shape index (κ1) is 38.1. The number of hydrogen-bond acceptors (Lipinski definition) is 8. The van der Waals surface area contributed by atoms with Crippen molar-refractivity contribution >= 4 is 28.5 Å². The molecule has 0 unspecified atom stereocenters. The van der Waals surface area contributed by atoms with Gasteiger partial charge in [-0.1, -0.05) is 43.5 Å². The molecule has 3 aliphatic heterocycles. The highest BCUT2D eigenvalue weighted by molar-refractivity contribution is 5.95. The molecule has 54 heavy (non-hydrogen) atoms. The van der Waals surface area contributed by atoms with Gasteiger partial charge in [-0.05, 0) is 75.1 Å². The number of amides is 3. The third kappa shape index (κ3) is 8.68. The van der Waals surface area contributed by atoms with E-state index in [0.29, 0.717) is 73.6 Å². The summed E-state index contributed by atoms with van der Waals surface area (Å²) >= 11 is 0. The van der Waals surface area contributed by atoms with Crippen molar-refractivity contribution in [2.24, 2.45) is 11.7 Å². The Hall–Kier alpha value is -4.20. The zero-order chi connectivity index (χ0) is 37.8. The van der Waals surface area contributed by atoms with E-state index in [4.69, 9.17) is 10.5 Å². The summed E-state index contributed by atoms with van der Waals surface area (Å²) < 4.78 is 21.5. The van der Waals surface area contributed by atoms with Crippen LogP contribution in [0.1, 0.15) is 86.3 Å². The lowest BCUT2D eigenvalue weighted by Crippen LogP contribution is -2.55. The molecule has 3 aromatic rings. The van der Waals surface area contributed by atoms with Crippen LogP contribution in [0, 0.1) is 11.7 Å². The van der Waals surface area contributed by atoms with Crippen LogP contribution < -0.4 is 11.3 Å². The molecule has 1 saturated carbocycles. The number of hydrogen-bond donors (Lipinski definition) is 2. The average Bonchev–Trinajstić information content (AvgIpc) is 3.20. The fourth-order valence-electron chi connectivity index (χ4n) is 8.91. The molecule has 290 valence electrons. The Morgan fingerprint density at radius 2 is 1.57 bits per heavy atom. The summed E-state index contributed by atoms with van der Waals surface area (Å²) in [5.74, 6) is -0.561. The third-order valence-corrected chi connectivity index (χ3v) is 12.2. The number of piperazine rings is 1. The number of fused-ring (bicyclic) bond motifs is 1. The average molecular weight is 744 g/mol. The zero-order valence-electron chi connectivity index (χ0n) is 31.4. The van der Waals surface area contributed by atoms with Gasteiger partial charge in [-0.3, -0.25) is 24.1 Å². The predicted octanol–water partition coefficient (Wildman–Crippen LogP) is 3.71. The number of aromatic nitrogens is 2. The molecule has 0 bridgehead atoms. The second-order valence-electron chi connectivity index (χ2n) is 15.8. The van der Waals surface area contributed by atoms with Crippen molar-refractivity contribution in [2.75, 3.05) is 52.4 Å². The van der Waals surface area contributed by atoms with Gasteiger partial charge in [0.2, 0.25) is 11.8 Å². The molecule has 1 aliphatic carbocycles. The summed E-state index contributed by atoms with van der Waals surface area (Å²) in [6.45, 7) is 6.11. The maximum atomic E-state index is 15.0. The van der Waals surface area contributed by atoms with E-state index in [1.165, 1.54) is 25.3 Å². The number of likely N-dealkylation sites (tertiary alicyclic amines) is 2. The number of benzene rings is 2. The summed E-state index contributed by atoms with van der Waals surface area (Å²) in [6, 6.07) is 11.4. The zero-order valence-corrected chi connectivity index (χ0v) is 31.4. The Bertz CT molecular complexity index is 1870. The Morgan fingerprint density at radius 1 is 0.889 bits per heavy atom. The number of H-pyrrole nitrogens is 1. The fourth-order valence-corrected chi connectivity index (χ4v) is 8.91. The maximum absolute atomic E-state index is 15.0. The fraction of sp³-hybridized carbons (Fsp3) is 0.585. The highest BCUT2D eigenvalue weighted by atomic mass is 19.1. The number of nitrogens with two attached hydrogens (primary N) is 1. The van der Waals surface area contributed by atoms with E-state index in [1.807, 2.05) is 17.0 Å². The van der Waals surface area contributed by atoms with E-state index < -0.39 is 17.8 Å². The molecular weight excluding hydrogens is 689 g/mol. The molecule has 3 atom stereocenters. The number of carbonyl (C=O) groups is 3. The Labute approximate surface area is 316 Å². The van der Waals surface area contributed by atoms with Crippen molar-refractivity contribution in [2.45, 2.75) is 95.4 Å². The standard InChI is InChI=1S/C41H54FN7O5/c1-27-23-31(15-18-49(27)41(53)38(43)29-7-3-2-4-8-29)54-30-13-16-46(17-14-30)26-37(50)47-19-21-48(22-20-47)40(52)34-24-28(11-12-35(34)42)25-36-32-9-5-6-10-33(32)39(51)45-44-36/h5-6,9-12,24,27,29-31,38H,2-4,7-8,13-23,25-26,43H2,1H3,(H,45,51)/t27-,31-,38-/m1/s1. The van der Waals surface area contributed by atoms with Gasteiger partial charge in [-0.25, -0.2) is 9.49 Å². The van der Waals surface area contributed by atoms with E-state index in [0.717, 1.165) is 51.6 Å². The van der Waals surface area contributed by atoms with E-state index in [1.54, 1.807) is 34.1 Å². The first-order valence-corrected chi connectivity index (χ1v) is 19.9. The predicted molar refractivity (Wildman–Crippen MR) is 203 cm³/mol. The van der Waals surface area contributed by atoms with Crippen LogP contribution in [0.2, 0.25) is 0 Å². The van der Waals surface area contributed by atoms with Gasteiger partial charge in [-0.2, -0.15) is 5.10 Å². The van der Waals surface area contributed by atoms with Gasteiger partial charge in [0.25, 0.3) is 11.5 Å². The second kappa shape index (κ2) is 17.1. The van der Waals surface area contributed by atoms with Gasteiger partial charge in [-0.15, -0.1) is 0 Å². The molecule has 1 aromatic heterocycles. The largest absolute Gasteiger partial charge is 0.375 e. The topological polar surface area (TPSA) is 145 Å². The van der Waals surface area contributed by atoms with E-state index in [-0.39, 0.29) is 41.2 Å². The van der Waals surface area contributed by atoms with Gasteiger partial charge >= 0.3 is 0 Å². The van der Waals surface area contributed by atoms with Crippen molar-refractivity contribution < 1.29 is 23.5 Å². The van der Waals surface area contributed by atoms with Crippen LogP contribution in [-0.2, 0) is 20.7 Å². The van der Waals surface area contributed by atoms with E-state index in [9.17, 15) is 23.6 Å². The normalized spacial score (nSPS) is 22.8. The number of ether oxygens (including phenoxy) is 1. The lowest BCUT2D eigenvalue weighted by molar-refractivity contribution is -0.142. The van der Waals surface area contributed by atoms with Crippen molar-refractivity contribution in [1.29, 1.82) is 0 Å². The highest BCUT2D eigenvalue weighted by Crippen LogP contribution is 2.29. The first-order valence-electron chi connectivity index (χ1n) is 19.9. The van der Waals surface area contributed by atoms with Crippen LogP contribution in [0.5, 0.6) is 0 Å². The lowest BCUT2D eigenvalue weighted by Gasteiger charge is -2.42. The maximum Gasteiger partial charge on any atom is 0.272 e. The summed E-state index contributed by atoms with van der Waals surface area (Å²) in [7, 11) is 0. The number of aromatic amines is 1. The smallest absolute Gasteiger partial charge is 0.272 e. The molecular formula is C41H54FN7O5. The number of nitrogens with zero attached hydrogens (tertiary/aromatic N) is 5. The molecule has 0 spiro atoms. The van der Waals surface area contributed by atoms with Crippen molar-refractivity contribution in [1.82, 2.24) is 29.8 Å². The quantitative estimate of drug-likeness (QED) is 0.338. The Kier molecular flexibility index (Phi) is 12.0. The van der Waals surface area contributed by atoms with E-state index >= 15 is 0 Å². The van der Waals surface area contributed by atoms with Crippen LogP contribution >= 0.6 is 0 Å². The minimum atomic E-state index is -0.599. The SMILES string of the molecule is C[C@@H]1C[C@H](OC2CCN(CC(=O)N3CCN(C(=O)c4cc(Cc5n[nH]c(=O)c6ccccc56)ccc4F)CC3)CC2)CCN1C(=O)[C@H](N)C1CCCCC1. The molecule has 4 fully saturated rings.